The fourth-order valence-corrected chi connectivity index (χ4v) is 4.49. The van der Waals surface area contributed by atoms with Gasteiger partial charge in [-0.05, 0) is 44.0 Å². The van der Waals surface area contributed by atoms with Crippen LogP contribution in [0.4, 0.5) is 0 Å². The molecule has 2 aromatic rings. The third kappa shape index (κ3) is 2.68. The first-order valence-electron chi connectivity index (χ1n) is 7.64. The molecular formula is C16H19N3OS. The fourth-order valence-electron chi connectivity index (χ4n) is 3.52. The Morgan fingerprint density at radius 1 is 1.33 bits per heavy atom. The van der Waals surface area contributed by atoms with E-state index in [0.717, 1.165) is 21.8 Å². The largest absolute Gasteiger partial charge is 0.351 e. The third-order valence-corrected chi connectivity index (χ3v) is 5.69. The number of nitrogens with one attached hydrogen (secondary N) is 1. The zero-order valence-electron chi connectivity index (χ0n) is 11.9. The zero-order valence-corrected chi connectivity index (χ0v) is 12.7. The van der Waals surface area contributed by atoms with Crippen LogP contribution in [0.25, 0.3) is 10.2 Å². The second-order valence-electron chi connectivity index (χ2n) is 6.06. The Balaban J connectivity index is 1.41. The summed E-state index contributed by atoms with van der Waals surface area (Å²) in [4.78, 5) is 19.3. The number of piperidine rings is 3. The lowest BCUT2D eigenvalue weighted by molar-refractivity contribution is -0.122. The Kier molecular flexibility index (Phi) is 3.39. The number of para-hydroxylation sites is 1. The van der Waals surface area contributed by atoms with E-state index in [9.17, 15) is 4.79 Å². The van der Waals surface area contributed by atoms with E-state index in [-0.39, 0.29) is 5.91 Å². The van der Waals surface area contributed by atoms with Gasteiger partial charge < -0.3 is 10.2 Å². The van der Waals surface area contributed by atoms with Crippen LogP contribution in [0, 0.1) is 5.92 Å². The van der Waals surface area contributed by atoms with Crippen molar-refractivity contribution in [1.29, 1.82) is 0 Å². The number of hydrogen-bond acceptors (Lipinski definition) is 4. The van der Waals surface area contributed by atoms with E-state index in [0.29, 0.717) is 18.4 Å². The minimum atomic E-state index is 0.118. The molecule has 3 saturated heterocycles. The first-order valence-corrected chi connectivity index (χ1v) is 8.46. The van der Waals surface area contributed by atoms with Gasteiger partial charge in [0.15, 0.2) is 0 Å². The van der Waals surface area contributed by atoms with Gasteiger partial charge in [0.2, 0.25) is 5.91 Å². The number of aromatic nitrogens is 1. The van der Waals surface area contributed by atoms with Crippen LogP contribution in [-0.2, 0) is 11.2 Å². The molecule has 5 heteroatoms. The molecule has 0 radical (unpaired) electrons. The van der Waals surface area contributed by atoms with Gasteiger partial charge in [-0.2, -0.15) is 0 Å². The Morgan fingerprint density at radius 3 is 2.86 bits per heavy atom. The van der Waals surface area contributed by atoms with Gasteiger partial charge in [0, 0.05) is 12.6 Å². The number of fused-ring (bicyclic) bond motifs is 4. The van der Waals surface area contributed by atoms with E-state index in [1.165, 1.54) is 25.9 Å². The highest BCUT2D eigenvalue weighted by Gasteiger charge is 2.34. The van der Waals surface area contributed by atoms with E-state index >= 15 is 0 Å². The maximum absolute atomic E-state index is 12.3. The number of hydrogen-bond donors (Lipinski definition) is 1. The van der Waals surface area contributed by atoms with Gasteiger partial charge in [-0.1, -0.05) is 12.1 Å². The van der Waals surface area contributed by atoms with Gasteiger partial charge in [0.05, 0.1) is 16.6 Å². The summed E-state index contributed by atoms with van der Waals surface area (Å²) in [6.07, 6.45) is 2.86. The van der Waals surface area contributed by atoms with E-state index in [4.69, 9.17) is 0 Å². The lowest BCUT2D eigenvalue weighted by Crippen LogP contribution is -2.57. The monoisotopic (exact) mass is 301 g/mol. The van der Waals surface area contributed by atoms with Crippen LogP contribution in [0.5, 0.6) is 0 Å². The topological polar surface area (TPSA) is 45.2 Å². The minimum Gasteiger partial charge on any atom is -0.351 e. The van der Waals surface area contributed by atoms with Crippen LogP contribution >= 0.6 is 11.3 Å². The first kappa shape index (κ1) is 13.2. The second-order valence-corrected chi connectivity index (χ2v) is 7.18. The number of carbonyl (C=O) groups is 1. The molecular weight excluding hydrogens is 282 g/mol. The SMILES string of the molecule is O=C(Cc1nc2ccccc2s1)N[C@H]1CN2CCC1CC2. The predicted octanol–water partition coefficient (Wildman–Crippen LogP) is 2.05. The normalized spacial score (nSPS) is 27.9. The summed E-state index contributed by atoms with van der Waals surface area (Å²) in [7, 11) is 0. The quantitative estimate of drug-likeness (QED) is 0.944. The predicted molar refractivity (Wildman–Crippen MR) is 84.4 cm³/mol. The molecule has 5 rings (SSSR count). The Labute approximate surface area is 128 Å². The van der Waals surface area contributed by atoms with Crippen LogP contribution in [0.2, 0.25) is 0 Å². The van der Waals surface area contributed by atoms with Crippen molar-refractivity contribution in [2.24, 2.45) is 5.92 Å². The molecule has 0 aliphatic carbocycles. The number of carbonyl (C=O) groups excluding carboxylic acids is 1. The molecule has 3 fully saturated rings. The molecule has 0 saturated carbocycles. The highest BCUT2D eigenvalue weighted by molar-refractivity contribution is 7.18. The van der Waals surface area contributed by atoms with E-state index in [2.05, 4.69) is 21.3 Å². The third-order valence-electron chi connectivity index (χ3n) is 4.65. The molecule has 1 atom stereocenters. The van der Waals surface area contributed by atoms with Crippen LogP contribution in [0.15, 0.2) is 24.3 Å². The van der Waals surface area contributed by atoms with Gasteiger partial charge in [-0.15, -0.1) is 11.3 Å². The summed E-state index contributed by atoms with van der Waals surface area (Å²) < 4.78 is 1.16. The molecule has 21 heavy (non-hydrogen) atoms. The molecule has 4 heterocycles. The minimum absolute atomic E-state index is 0.118. The number of nitrogens with zero attached hydrogens (tertiary/aromatic N) is 2. The molecule has 1 aromatic carbocycles. The zero-order chi connectivity index (χ0) is 14.2. The van der Waals surface area contributed by atoms with Crippen molar-refractivity contribution in [1.82, 2.24) is 15.2 Å². The highest BCUT2D eigenvalue weighted by Crippen LogP contribution is 2.27. The average molecular weight is 301 g/mol. The van der Waals surface area contributed by atoms with Gasteiger partial charge >= 0.3 is 0 Å². The van der Waals surface area contributed by atoms with Gasteiger partial charge in [-0.3, -0.25) is 4.79 Å². The van der Waals surface area contributed by atoms with Crippen molar-refractivity contribution in [3.05, 3.63) is 29.3 Å². The maximum Gasteiger partial charge on any atom is 0.227 e. The molecule has 3 aliphatic rings. The first-order chi connectivity index (χ1) is 10.3. The maximum atomic E-state index is 12.3. The number of rotatable bonds is 3. The van der Waals surface area contributed by atoms with Crippen molar-refractivity contribution in [3.63, 3.8) is 0 Å². The number of thiazole rings is 1. The Morgan fingerprint density at radius 2 is 2.14 bits per heavy atom. The average Bonchev–Trinajstić information content (AvgIpc) is 2.90. The molecule has 1 aromatic heterocycles. The Hall–Kier alpha value is -1.46. The lowest BCUT2D eigenvalue weighted by Gasteiger charge is -2.44. The summed E-state index contributed by atoms with van der Waals surface area (Å²) >= 11 is 1.62. The summed E-state index contributed by atoms with van der Waals surface area (Å²) in [6.45, 7) is 3.43. The van der Waals surface area contributed by atoms with Gasteiger partial charge in [0.25, 0.3) is 0 Å². The molecule has 4 nitrogen and oxygen atoms in total. The van der Waals surface area contributed by atoms with Gasteiger partial charge in [-0.25, -0.2) is 4.98 Å². The van der Waals surface area contributed by atoms with E-state index < -0.39 is 0 Å². The van der Waals surface area contributed by atoms with Crippen molar-refractivity contribution in [2.75, 3.05) is 19.6 Å². The molecule has 1 amide bonds. The highest BCUT2D eigenvalue weighted by atomic mass is 32.1. The number of amides is 1. The van der Waals surface area contributed by atoms with Crippen molar-refractivity contribution >= 4 is 27.5 Å². The van der Waals surface area contributed by atoms with Crippen LogP contribution in [-0.4, -0.2) is 41.5 Å². The van der Waals surface area contributed by atoms with Gasteiger partial charge in [0.1, 0.15) is 5.01 Å². The number of benzene rings is 1. The molecule has 3 aliphatic heterocycles. The lowest BCUT2D eigenvalue weighted by atomic mass is 9.84. The summed E-state index contributed by atoms with van der Waals surface area (Å²) in [5.41, 5.74) is 0.994. The molecule has 1 N–H and O–H groups in total. The molecule has 0 unspecified atom stereocenters. The van der Waals surface area contributed by atoms with Crippen molar-refractivity contribution in [2.45, 2.75) is 25.3 Å². The van der Waals surface area contributed by atoms with Crippen LogP contribution in [0.1, 0.15) is 17.8 Å². The van der Waals surface area contributed by atoms with Crippen molar-refractivity contribution < 1.29 is 4.79 Å². The van der Waals surface area contributed by atoms with Crippen molar-refractivity contribution in [3.8, 4) is 0 Å². The summed E-state index contributed by atoms with van der Waals surface area (Å²) in [5.74, 6) is 0.794. The Bertz CT molecular complexity index is 627. The molecule has 0 spiro atoms. The van der Waals surface area contributed by atoms with E-state index in [1.807, 2.05) is 18.2 Å². The molecule has 110 valence electrons. The summed E-state index contributed by atoms with van der Waals surface area (Å²) in [5, 5.41) is 4.14. The fraction of sp³-hybridized carbons (Fsp3) is 0.500. The van der Waals surface area contributed by atoms with Crippen LogP contribution in [0.3, 0.4) is 0 Å². The standard InChI is InChI=1S/C16H19N3OS/c20-15(17-13-10-19-7-5-11(13)6-8-19)9-16-18-12-3-1-2-4-14(12)21-16/h1-4,11,13H,5-10H2,(H,17,20)/t13-/m0/s1. The van der Waals surface area contributed by atoms with E-state index in [1.54, 1.807) is 11.3 Å². The summed E-state index contributed by atoms with van der Waals surface area (Å²) in [6, 6.07) is 8.40. The second kappa shape index (κ2) is 5.39. The smallest absolute Gasteiger partial charge is 0.227 e. The van der Waals surface area contributed by atoms with Crippen LogP contribution < -0.4 is 5.32 Å². The molecule has 2 bridgehead atoms.